The second kappa shape index (κ2) is 8.79. The van der Waals surface area contributed by atoms with Gasteiger partial charge in [0.15, 0.2) is 5.16 Å². The average molecular weight is 355 g/mol. The molecular weight excluding hydrogens is 336 g/mol. The van der Waals surface area contributed by atoms with Crippen LogP contribution in [0.1, 0.15) is 25.3 Å². The van der Waals surface area contributed by atoms with E-state index >= 15 is 0 Å². The van der Waals surface area contributed by atoms with Crippen LogP contribution in [0.4, 0.5) is 0 Å². The molecular formula is C15H19ClN4O2S. The van der Waals surface area contributed by atoms with Crippen molar-refractivity contribution in [3.05, 3.63) is 45.3 Å². The van der Waals surface area contributed by atoms with Gasteiger partial charge in [-0.25, -0.2) is 9.89 Å². The third kappa shape index (κ3) is 5.14. The second-order valence-corrected chi connectivity index (χ2v) is 6.32. The fourth-order valence-electron chi connectivity index (χ4n) is 1.94. The Kier molecular flexibility index (Phi) is 6.73. The monoisotopic (exact) mass is 354 g/mol. The Morgan fingerprint density at radius 3 is 2.96 bits per heavy atom. The van der Waals surface area contributed by atoms with E-state index in [1.54, 1.807) is 10.6 Å². The first-order valence-corrected chi connectivity index (χ1v) is 8.76. The smallest absolute Gasteiger partial charge is 0.343 e. The van der Waals surface area contributed by atoms with Crippen LogP contribution in [0.2, 0.25) is 5.02 Å². The molecule has 0 aliphatic rings. The summed E-state index contributed by atoms with van der Waals surface area (Å²) in [6.07, 6.45) is 1.88. The van der Waals surface area contributed by atoms with Crippen molar-refractivity contribution in [3.8, 4) is 0 Å². The zero-order valence-corrected chi connectivity index (χ0v) is 14.4. The molecule has 0 radical (unpaired) electrons. The molecule has 0 atom stereocenters. The first-order valence-electron chi connectivity index (χ1n) is 7.40. The van der Waals surface area contributed by atoms with Crippen molar-refractivity contribution >= 4 is 29.3 Å². The highest BCUT2D eigenvalue weighted by Crippen LogP contribution is 2.15. The average Bonchev–Trinajstić information content (AvgIpc) is 2.90. The van der Waals surface area contributed by atoms with E-state index in [2.05, 4.69) is 22.4 Å². The number of carbonyl (C=O) groups is 1. The summed E-state index contributed by atoms with van der Waals surface area (Å²) in [6, 6.07) is 7.37. The van der Waals surface area contributed by atoms with Crippen LogP contribution in [0.25, 0.3) is 0 Å². The molecule has 0 fully saturated rings. The third-order valence-corrected chi connectivity index (χ3v) is 4.57. The maximum absolute atomic E-state index is 11.9. The number of unbranched alkanes of at least 4 members (excludes halogenated alkanes) is 1. The van der Waals surface area contributed by atoms with Crippen LogP contribution >= 0.6 is 23.4 Å². The van der Waals surface area contributed by atoms with E-state index in [0.29, 0.717) is 23.3 Å². The number of benzene rings is 1. The number of amides is 1. The molecule has 6 nitrogen and oxygen atoms in total. The molecule has 0 aliphatic heterocycles. The highest BCUT2D eigenvalue weighted by Gasteiger charge is 2.11. The van der Waals surface area contributed by atoms with Crippen LogP contribution in [-0.2, 0) is 17.9 Å². The van der Waals surface area contributed by atoms with Gasteiger partial charge in [0.25, 0.3) is 0 Å². The standard InChI is InChI=1S/C15H19ClN4O2S/c1-2-3-8-20-14(22)18-19-15(20)23-10-13(21)17-9-11-6-4-5-7-12(11)16/h4-7H,2-3,8-10H2,1H3,(H,17,21)(H,18,22). The molecule has 1 heterocycles. The van der Waals surface area contributed by atoms with Crippen LogP contribution in [0.15, 0.2) is 34.2 Å². The molecule has 1 aromatic heterocycles. The van der Waals surface area contributed by atoms with E-state index in [-0.39, 0.29) is 17.3 Å². The van der Waals surface area contributed by atoms with Crippen LogP contribution < -0.4 is 11.0 Å². The molecule has 0 aliphatic carbocycles. The van der Waals surface area contributed by atoms with Gasteiger partial charge in [0.05, 0.1) is 5.75 Å². The summed E-state index contributed by atoms with van der Waals surface area (Å²) in [5.41, 5.74) is 0.629. The lowest BCUT2D eigenvalue weighted by atomic mass is 10.2. The van der Waals surface area contributed by atoms with E-state index in [9.17, 15) is 9.59 Å². The number of hydrogen-bond acceptors (Lipinski definition) is 4. The summed E-state index contributed by atoms with van der Waals surface area (Å²) in [5, 5.41) is 10.4. The van der Waals surface area contributed by atoms with Crippen LogP contribution in [0.3, 0.4) is 0 Å². The number of nitrogens with one attached hydrogen (secondary N) is 2. The molecule has 0 spiro atoms. The Morgan fingerprint density at radius 1 is 1.43 bits per heavy atom. The molecule has 0 saturated carbocycles. The van der Waals surface area contributed by atoms with Gasteiger partial charge in [-0.1, -0.05) is 54.9 Å². The van der Waals surface area contributed by atoms with E-state index in [0.717, 1.165) is 18.4 Å². The Bertz CT molecular complexity index is 713. The van der Waals surface area contributed by atoms with Crippen LogP contribution in [0, 0.1) is 0 Å². The summed E-state index contributed by atoms with van der Waals surface area (Å²) >= 11 is 7.29. The quantitative estimate of drug-likeness (QED) is 0.713. The fraction of sp³-hybridized carbons (Fsp3) is 0.400. The Hall–Kier alpha value is -1.73. The van der Waals surface area contributed by atoms with Crippen molar-refractivity contribution in [2.75, 3.05) is 5.75 Å². The summed E-state index contributed by atoms with van der Waals surface area (Å²) in [4.78, 5) is 23.6. The lowest BCUT2D eigenvalue weighted by Gasteiger charge is -2.07. The molecule has 2 N–H and O–H groups in total. The van der Waals surface area contributed by atoms with E-state index in [1.165, 1.54) is 11.8 Å². The normalized spacial score (nSPS) is 10.7. The number of hydrogen-bond donors (Lipinski definition) is 2. The molecule has 124 valence electrons. The molecule has 8 heteroatoms. The Balaban J connectivity index is 1.85. The van der Waals surface area contributed by atoms with Gasteiger partial charge >= 0.3 is 5.69 Å². The Morgan fingerprint density at radius 2 is 2.22 bits per heavy atom. The highest BCUT2D eigenvalue weighted by atomic mass is 35.5. The number of nitrogens with zero attached hydrogens (tertiary/aromatic N) is 2. The maximum Gasteiger partial charge on any atom is 0.343 e. The van der Waals surface area contributed by atoms with E-state index < -0.39 is 0 Å². The molecule has 2 rings (SSSR count). The van der Waals surface area contributed by atoms with Crippen LogP contribution in [-0.4, -0.2) is 26.4 Å². The van der Waals surface area contributed by atoms with Crippen molar-refractivity contribution in [3.63, 3.8) is 0 Å². The van der Waals surface area contributed by atoms with Gasteiger partial charge in [-0.3, -0.25) is 9.36 Å². The first kappa shape index (κ1) is 17.6. The zero-order valence-electron chi connectivity index (χ0n) is 12.8. The minimum atomic E-state index is -0.238. The van der Waals surface area contributed by atoms with Crippen molar-refractivity contribution in [2.45, 2.75) is 38.0 Å². The van der Waals surface area contributed by atoms with Gasteiger partial charge < -0.3 is 5.32 Å². The molecule has 0 bridgehead atoms. The summed E-state index contributed by atoms with van der Waals surface area (Å²) in [6.45, 7) is 3.04. The lowest BCUT2D eigenvalue weighted by molar-refractivity contribution is -0.118. The van der Waals surface area contributed by atoms with Gasteiger partial charge in [0.2, 0.25) is 5.91 Å². The fourth-order valence-corrected chi connectivity index (χ4v) is 2.95. The van der Waals surface area contributed by atoms with Crippen molar-refractivity contribution in [1.82, 2.24) is 20.1 Å². The molecule has 0 unspecified atom stereocenters. The number of aromatic amines is 1. The SMILES string of the molecule is CCCCn1c(SCC(=O)NCc2ccccc2Cl)n[nH]c1=O. The first-order chi connectivity index (χ1) is 11.1. The predicted molar refractivity (Wildman–Crippen MR) is 91.8 cm³/mol. The maximum atomic E-state index is 11.9. The van der Waals surface area contributed by atoms with Gasteiger partial charge in [-0.2, -0.15) is 0 Å². The summed E-state index contributed by atoms with van der Waals surface area (Å²) in [7, 11) is 0. The van der Waals surface area contributed by atoms with Crippen molar-refractivity contribution in [1.29, 1.82) is 0 Å². The van der Waals surface area contributed by atoms with E-state index in [4.69, 9.17) is 11.6 Å². The number of rotatable bonds is 8. The Labute approximate surface area is 143 Å². The highest BCUT2D eigenvalue weighted by molar-refractivity contribution is 7.99. The minimum absolute atomic E-state index is 0.132. The largest absolute Gasteiger partial charge is 0.351 e. The molecule has 2 aromatic rings. The minimum Gasteiger partial charge on any atom is -0.351 e. The number of aromatic nitrogens is 3. The van der Waals surface area contributed by atoms with Gasteiger partial charge in [0.1, 0.15) is 0 Å². The molecule has 23 heavy (non-hydrogen) atoms. The number of H-pyrrole nitrogens is 1. The third-order valence-electron chi connectivity index (χ3n) is 3.22. The molecule has 0 saturated heterocycles. The second-order valence-electron chi connectivity index (χ2n) is 4.97. The lowest BCUT2D eigenvalue weighted by Crippen LogP contribution is -2.25. The number of halogens is 1. The predicted octanol–water partition coefficient (Wildman–Crippen LogP) is 2.43. The topological polar surface area (TPSA) is 79.8 Å². The van der Waals surface area contributed by atoms with Gasteiger partial charge in [-0.05, 0) is 18.1 Å². The number of thioether (sulfide) groups is 1. The van der Waals surface area contributed by atoms with Crippen molar-refractivity contribution in [2.24, 2.45) is 0 Å². The zero-order chi connectivity index (χ0) is 16.7. The summed E-state index contributed by atoms with van der Waals surface area (Å²) < 4.78 is 1.56. The van der Waals surface area contributed by atoms with Crippen molar-refractivity contribution < 1.29 is 4.79 Å². The van der Waals surface area contributed by atoms with E-state index in [1.807, 2.05) is 18.2 Å². The molecule has 1 aromatic carbocycles. The molecule has 1 amide bonds. The summed E-state index contributed by atoms with van der Waals surface area (Å²) in [5.74, 6) is 0.0633. The van der Waals surface area contributed by atoms with Crippen LogP contribution in [0.5, 0.6) is 0 Å². The van der Waals surface area contributed by atoms with Gasteiger partial charge in [-0.15, -0.1) is 5.10 Å². The van der Waals surface area contributed by atoms with Gasteiger partial charge in [0, 0.05) is 18.1 Å². The number of carbonyl (C=O) groups excluding carboxylic acids is 1.